The lowest BCUT2D eigenvalue weighted by atomic mass is 10.1. The Morgan fingerprint density at radius 1 is 1.18 bits per heavy atom. The van der Waals surface area contributed by atoms with E-state index in [1.165, 1.54) is 30.5 Å². The third-order valence-electron chi connectivity index (χ3n) is 4.26. The molecule has 2 N–H and O–H groups in total. The van der Waals surface area contributed by atoms with E-state index in [-0.39, 0.29) is 27.1 Å². The molecule has 3 rings (SSSR count). The number of nitrogens with one attached hydrogen (secondary N) is 2. The van der Waals surface area contributed by atoms with Crippen molar-refractivity contribution in [2.24, 2.45) is 0 Å². The second-order valence-corrected chi connectivity index (χ2v) is 8.51. The molecule has 0 fully saturated rings. The number of rotatable bonds is 6. The van der Waals surface area contributed by atoms with Crippen LogP contribution >= 0.6 is 35.1 Å². The van der Waals surface area contributed by atoms with E-state index in [1.807, 2.05) is 6.92 Å². The van der Waals surface area contributed by atoms with Crippen molar-refractivity contribution in [1.29, 1.82) is 0 Å². The lowest BCUT2D eigenvalue weighted by Gasteiger charge is -2.15. The Morgan fingerprint density at radius 3 is 2.55 bits per heavy atom. The quantitative estimate of drug-likeness (QED) is 0.418. The summed E-state index contributed by atoms with van der Waals surface area (Å²) in [4.78, 5) is 29.6. The average Bonchev–Trinajstić information content (AvgIpc) is 3.20. The molecule has 13 heteroatoms. The summed E-state index contributed by atoms with van der Waals surface area (Å²) in [6.45, 7) is 3.43. The maximum absolute atomic E-state index is 13.4. The van der Waals surface area contributed by atoms with Gasteiger partial charge in [0.05, 0.1) is 16.3 Å². The van der Waals surface area contributed by atoms with E-state index in [4.69, 9.17) is 23.2 Å². The minimum Gasteiger partial charge on any atom is -0.320 e. The molecule has 1 aromatic carbocycles. The summed E-state index contributed by atoms with van der Waals surface area (Å²) >= 11 is 13.3. The summed E-state index contributed by atoms with van der Waals surface area (Å²) < 4.78 is 43.4. The van der Waals surface area contributed by atoms with E-state index in [0.29, 0.717) is 22.1 Å². The Balaban J connectivity index is 2.08. The van der Waals surface area contributed by atoms with Crippen molar-refractivity contribution < 1.29 is 22.8 Å². The summed E-state index contributed by atoms with van der Waals surface area (Å²) in [5.41, 5.74) is -1.22. The van der Waals surface area contributed by atoms with Crippen LogP contribution in [0.15, 0.2) is 36.5 Å². The third kappa shape index (κ3) is 5.60. The number of carbonyl (C=O) groups is 2. The highest BCUT2D eigenvalue weighted by Gasteiger charge is 2.36. The molecule has 7 nitrogen and oxygen atoms in total. The Labute approximate surface area is 200 Å². The lowest BCUT2D eigenvalue weighted by Crippen LogP contribution is -2.23. The van der Waals surface area contributed by atoms with Crippen LogP contribution in [-0.4, -0.2) is 32.3 Å². The molecule has 33 heavy (non-hydrogen) atoms. The Bertz CT molecular complexity index is 1220. The molecule has 2 heterocycles. The Hall–Kier alpha value is -2.76. The van der Waals surface area contributed by atoms with Crippen LogP contribution in [0, 0.1) is 6.92 Å². The van der Waals surface area contributed by atoms with Gasteiger partial charge in [-0.1, -0.05) is 42.1 Å². The summed E-state index contributed by atoms with van der Waals surface area (Å²) in [5.74, 6) is -1.05. The van der Waals surface area contributed by atoms with Gasteiger partial charge in [-0.3, -0.25) is 14.3 Å². The number of alkyl halides is 3. The van der Waals surface area contributed by atoms with Crippen molar-refractivity contribution in [3.05, 3.63) is 69.1 Å². The average molecular weight is 518 g/mol. The van der Waals surface area contributed by atoms with Crippen LogP contribution in [0.5, 0.6) is 0 Å². The van der Waals surface area contributed by atoms with Gasteiger partial charge in [0.15, 0.2) is 11.5 Å². The van der Waals surface area contributed by atoms with Crippen LogP contribution in [0.4, 0.5) is 18.9 Å². The number of halogens is 5. The molecule has 0 spiro atoms. The minimum absolute atomic E-state index is 0.0114. The minimum atomic E-state index is -4.82. The van der Waals surface area contributed by atoms with Crippen molar-refractivity contribution in [2.45, 2.75) is 20.0 Å². The van der Waals surface area contributed by atoms with E-state index < -0.39 is 29.4 Å². The van der Waals surface area contributed by atoms with E-state index in [0.717, 1.165) is 11.9 Å². The van der Waals surface area contributed by atoms with Gasteiger partial charge in [0.1, 0.15) is 5.69 Å². The first kappa shape index (κ1) is 24.9. The van der Waals surface area contributed by atoms with Gasteiger partial charge in [-0.05, 0) is 36.8 Å². The summed E-state index contributed by atoms with van der Waals surface area (Å²) in [6, 6.07) is 6.32. The van der Waals surface area contributed by atoms with Crippen molar-refractivity contribution in [2.75, 3.05) is 11.1 Å². The maximum atomic E-state index is 13.4. The van der Waals surface area contributed by atoms with Gasteiger partial charge in [0.2, 0.25) is 0 Å². The van der Waals surface area contributed by atoms with Crippen molar-refractivity contribution in [3.63, 3.8) is 0 Å². The number of aromatic nitrogens is 3. The molecule has 0 saturated carbocycles. The Kier molecular flexibility index (Phi) is 7.55. The number of aryl methyl sites for hydroxylation is 1. The molecule has 2 aromatic heterocycles. The zero-order chi connectivity index (χ0) is 24.3. The maximum Gasteiger partial charge on any atom is 0.435 e. The van der Waals surface area contributed by atoms with E-state index >= 15 is 0 Å². The zero-order valence-corrected chi connectivity index (χ0v) is 19.5. The molecule has 0 saturated heterocycles. The normalized spacial score (nSPS) is 11.4. The summed E-state index contributed by atoms with van der Waals surface area (Å²) in [6.07, 6.45) is -3.52. The Morgan fingerprint density at radius 2 is 1.91 bits per heavy atom. The van der Waals surface area contributed by atoms with Crippen molar-refractivity contribution in [3.8, 4) is 5.82 Å². The lowest BCUT2D eigenvalue weighted by molar-refractivity contribution is -0.141. The van der Waals surface area contributed by atoms with Crippen LogP contribution < -0.4 is 10.0 Å². The molecule has 2 amide bonds. The number of amides is 2. The number of benzene rings is 1. The van der Waals surface area contributed by atoms with Crippen LogP contribution in [0.25, 0.3) is 5.82 Å². The molecular weight excluding hydrogens is 502 g/mol. The summed E-state index contributed by atoms with van der Waals surface area (Å²) in [7, 11) is 0. The molecule has 0 aliphatic rings. The van der Waals surface area contributed by atoms with Gasteiger partial charge in [0, 0.05) is 23.0 Å². The van der Waals surface area contributed by atoms with Crippen molar-refractivity contribution >= 4 is 52.7 Å². The number of pyridine rings is 1. The molecule has 0 aliphatic heterocycles. The van der Waals surface area contributed by atoms with Gasteiger partial charge >= 0.3 is 6.18 Å². The first-order valence-electron chi connectivity index (χ1n) is 9.34. The van der Waals surface area contributed by atoms with Crippen LogP contribution in [0.3, 0.4) is 0 Å². The first-order valence-corrected chi connectivity index (χ1v) is 11.1. The van der Waals surface area contributed by atoms with Gasteiger partial charge in [-0.2, -0.15) is 18.3 Å². The van der Waals surface area contributed by atoms with Gasteiger partial charge < -0.3 is 5.32 Å². The molecule has 0 bridgehead atoms. The standard InChI is InChI=1S/C20H16Cl2F3N5O2S/c1-3-33-29-18(31)12-8-11(21)7-10(2)16(12)27-19(32)14-9-15(20(23,24)25)28-30(14)17-13(22)5-4-6-26-17/h4-9H,3H2,1-2H3,(H,27,32)(H,29,31). The van der Waals surface area contributed by atoms with Crippen LogP contribution in [-0.2, 0) is 6.18 Å². The highest BCUT2D eigenvalue weighted by atomic mass is 35.5. The van der Waals surface area contributed by atoms with Crippen LogP contribution in [0.2, 0.25) is 10.0 Å². The number of carbonyl (C=O) groups excluding carboxylic acids is 2. The van der Waals surface area contributed by atoms with Gasteiger partial charge in [-0.25, -0.2) is 9.67 Å². The van der Waals surface area contributed by atoms with Gasteiger partial charge in [-0.15, -0.1) is 0 Å². The number of anilines is 1. The SMILES string of the molecule is CCSNC(=O)c1cc(Cl)cc(C)c1NC(=O)c1cc(C(F)(F)F)nn1-c1ncccc1Cl. The zero-order valence-electron chi connectivity index (χ0n) is 17.1. The molecule has 0 aliphatic carbocycles. The van der Waals surface area contributed by atoms with Crippen LogP contribution in [0.1, 0.15) is 39.0 Å². The fourth-order valence-electron chi connectivity index (χ4n) is 2.83. The number of hydrogen-bond donors (Lipinski definition) is 2. The highest BCUT2D eigenvalue weighted by molar-refractivity contribution is 7.97. The largest absolute Gasteiger partial charge is 0.435 e. The fraction of sp³-hybridized carbons (Fsp3) is 0.200. The molecular formula is C20H16Cl2F3N5O2S. The molecule has 0 unspecified atom stereocenters. The van der Waals surface area contributed by atoms with Gasteiger partial charge in [0.25, 0.3) is 11.8 Å². The monoisotopic (exact) mass is 517 g/mol. The second-order valence-electron chi connectivity index (χ2n) is 6.60. The molecule has 174 valence electrons. The van der Waals surface area contributed by atoms with E-state index in [9.17, 15) is 22.8 Å². The van der Waals surface area contributed by atoms with Crippen molar-refractivity contribution in [1.82, 2.24) is 19.5 Å². The second kappa shape index (κ2) is 10.0. The summed E-state index contributed by atoms with van der Waals surface area (Å²) in [5, 5.41) is 6.24. The first-order chi connectivity index (χ1) is 15.5. The molecule has 0 radical (unpaired) electrons. The number of nitrogens with zero attached hydrogens (tertiary/aromatic N) is 3. The van der Waals surface area contributed by atoms with E-state index in [2.05, 4.69) is 20.1 Å². The predicted molar refractivity (Wildman–Crippen MR) is 121 cm³/mol. The van der Waals surface area contributed by atoms with E-state index in [1.54, 1.807) is 6.92 Å². The highest BCUT2D eigenvalue weighted by Crippen LogP contribution is 2.32. The molecule has 0 atom stereocenters. The third-order valence-corrected chi connectivity index (χ3v) is 5.40. The fourth-order valence-corrected chi connectivity index (χ4v) is 3.69. The number of hydrogen-bond acceptors (Lipinski definition) is 5. The smallest absolute Gasteiger partial charge is 0.320 e. The molecule has 3 aromatic rings. The predicted octanol–water partition coefficient (Wildman–Crippen LogP) is 5.55. The topological polar surface area (TPSA) is 88.9 Å².